The number of carbonyl (C=O) groups excluding carboxylic acids is 1. The van der Waals surface area contributed by atoms with Crippen molar-refractivity contribution in [2.75, 3.05) is 13.1 Å². The normalized spacial score (nSPS) is 19.2. The Kier molecular flexibility index (Phi) is 4.14. The number of likely N-dealkylation sites (tertiary alicyclic amines) is 1. The lowest BCUT2D eigenvalue weighted by atomic mass is 9.94. The Labute approximate surface area is 110 Å². The minimum Gasteiger partial charge on any atom is -0.481 e. The van der Waals surface area contributed by atoms with Crippen molar-refractivity contribution in [3.05, 3.63) is 35.6 Å². The number of carboxylic acid groups (broad SMARTS) is 1. The van der Waals surface area contributed by atoms with Crippen LogP contribution in [0.2, 0.25) is 0 Å². The maximum Gasteiger partial charge on any atom is 0.303 e. The smallest absolute Gasteiger partial charge is 0.303 e. The molecule has 1 amide bonds. The number of benzene rings is 1. The average Bonchev–Trinajstić information content (AvgIpc) is 2.37. The standard InChI is InChI=1S/C14H16FNO3/c15-12-5-1-4-11(8-12)14(19)16-6-2-3-10(9-16)7-13(17)18/h1,4-5,8,10H,2-3,6-7,9H2,(H,17,18). The SMILES string of the molecule is O=C(O)CC1CCCN(C(=O)c2cccc(F)c2)C1. The molecule has 2 rings (SSSR count). The van der Waals surface area contributed by atoms with E-state index >= 15 is 0 Å². The molecule has 1 aromatic rings. The maximum absolute atomic E-state index is 13.1. The highest BCUT2D eigenvalue weighted by molar-refractivity contribution is 5.94. The third kappa shape index (κ3) is 3.53. The lowest BCUT2D eigenvalue weighted by Gasteiger charge is -2.32. The zero-order valence-corrected chi connectivity index (χ0v) is 10.5. The fourth-order valence-corrected chi connectivity index (χ4v) is 2.47. The molecule has 0 aromatic heterocycles. The first-order valence-corrected chi connectivity index (χ1v) is 6.33. The summed E-state index contributed by atoms with van der Waals surface area (Å²) in [6.07, 6.45) is 1.69. The summed E-state index contributed by atoms with van der Waals surface area (Å²) >= 11 is 0. The molecular weight excluding hydrogens is 249 g/mol. The predicted molar refractivity (Wildman–Crippen MR) is 67.3 cm³/mol. The van der Waals surface area contributed by atoms with Crippen molar-refractivity contribution in [2.24, 2.45) is 5.92 Å². The van der Waals surface area contributed by atoms with E-state index in [9.17, 15) is 14.0 Å². The highest BCUT2D eigenvalue weighted by Crippen LogP contribution is 2.21. The van der Waals surface area contributed by atoms with Gasteiger partial charge in [0, 0.05) is 25.1 Å². The first-order valence-electron chi connectivity index (χ1n) is 6.33. The van der Waals surface area contributed by atoms with Crippen molar-refractivity contribution in [1.29, 1.82) is 0 Å². The molecule has 1 heterocycles. The highest BCUT2D eigenvalue weighted by Gasteiger charge is 2.25. The van der Waals surface area contributed by atoms with E-state index < -0.39 is 11.8 Å². The van der Waals surface area contributed by atoms with Gasteiger partial charge in [0.2, 0.25) is 0 Å². The van der Waals surface area contributed by atoms with E-state index in [4.69, 9.17) is 5.11 Å². The monoisotopic (exact) mass is 265 g/mol. The summed E-state index contributed by atoms with van der Waals surface area (Å²) in [6, 6.07) is 5.58. The van der Waals surface area contributed by atoms with Crippen LogP contribution in [0.3, 0.4) is 0 Å². The van der Waals surface area contributed by atoms with Crippen LogP contribution in [0.15, 0.2) is 24.3 Å². The minimum absolute atomic E-state index is 0.0104. The van der Waals surface area contributed by atoms with Crippen LogP contribution in [-0.4, -0.2) is 35.0 Å². The van der Waals surface area contributed by atoms with Crippen molar-refractivity contribution in [2.45, 2.75) is 19.3 Å². The van der Waals surface area contributed by atoms with Gasteiger partial charge in [0.25, 0.3) is 5.91 Å². The molecule has 1 atom stereocenters. The second kappa shape index (κ2) is 5.82. The Balaban J connectivity index is 2.04. The van der Waals surface area contributed by atoms with Crippen molar-refractivity contribution in [3.8, 4) is 0 Å². The fraction of sp³-hybridized carbons (Fsp3) is 0.429. The molecule has 5 heteroatoms. The molecule has 102 valence electrons. The molecule has 1 unspecified atom stereocenters. The second-order valence-electron chi connectivity index (χ2n) is 4.87. The average molecular weight is 265 g/mol. The third-order valence-electron chi connectivity index (χ3n) is 3.34. The molecule has 19 heavy (non-hydrogen) atoms. The molecule has 1 N–H and O–H groups in total. The number of amides is 1. The van der Waals surface area contributed by atoms with Crippen LogP contribution in [0.25, 0.3) is 0 Å². The molecule has 1 aromatic carbocycles. The third-order valence-corrected chi connectivity index (χ3v) is 3.34. The van der Waals surface area contributed by atoms with Crippen LogP contribution in [0, 0.1) is 11.7 Å². The summed E-state index contributed by atoms with van der Waals surface area (Å²) in [6.45, 7) is 1.03. The Morgan fingerprint density at radius 3 is 2.89 bits per heavy atom. The molecule has 0 aliphatic carbocycles. The highest BCUT2D eigenvalue weighted by atomic mass is 19.1. The second-order valence-corrected chi connectivity index (χ2v) is 4.87. The van der Waals surface area contributed by atoms with Gasteiger partial charge in [-0.1, -0.05) is 6.07 Å². The van der Waals surface area contributed by atoms with Gasteiger partial charge in [-0.05, 0) is 37.0 Å². The van der Waals surface area contributed by atoms with E-state index in [0.29, 0.717) is 18.7 Å². The van der Waals surface area contributed by atoms with Crippen LogP contribution in [-0.2, 0) is 4.79 Å². The Morgan fingerprint density at radius 2 is 2.21 bits per heavy atom. The molecule has 4 nitrogen and oxygen atoms in total. The first kappa shape index (κ1) is 13.5. The summed E-state index contributed by atoms with van der Waals surface area (Å²) < 4.78 is 13.1. The summed E-state index contributed by atoms with van der Waals surface area (Å²) in [7, 11) is 0. The summed E-state index contributed by atoms with van der Waals surface area (Å²) in [4.78, 5) is 24.5. The molecule has 0 radical (unpaired) electrons. The Morgan fingerprint density at radius 1 is 1.42 bits per heavy atom. The van der Waals surface area contributed by atoms with Gasteiger partial charge in [0.1, 0.15) is 5.82 Å². The molecule has 1 aliphatic heterocycles. The van der Waals surface area contributed by atoms with E-state index in [2.05, 4.69) is 0 Å². The topological polar surface area (TPSA) is 57.6 Å². The van der Waals surface area contributed by atoms with Crippen molar-refractivity contribution in [1.82, 2.24) is 4.90 Å². The number of halogens is 1. The van der Waals surface area contributed by atoms with Crippen LogP contribution in [0.1, 0.15) is 29.6 Å². The number of carbonyl (C=O) groups is 2. The number of rotatable bonds is 3. The Hall–Kier alpha value is -1.91. The lowest BCUT2D eigenvalue weighted by molar-refractivity contribution is -0.138. The maximum atomic E-state index is 13.1. The quantitative estimate of drug-likeness (QED) is 0.911. The van der Waals surface area contributed by atoms with E-state index in [-0.39, 0.29) is 18.2 Å². The number of piperidine rings is 1. The summed E-state index contributed by atoms with van der Waals surface area (Å²) in [5.74, 6) is -1.52. The van der Waals surface area contributed by atoms with Crippen molar-refractivity contribution >= 4 is 11.9 Å². The number of nitrogens with zero attached hydrogens (tertiary/aromatic N) is 1. The number of aliphatic carboxylic acids is 1. The van der Waals surface area contributed by atoms with Crippen LogP contribution in [0.4, 0.5) is 4.39 Å². The fourth-order valence-electron chi connectivity index (χ4n) is 2.47. The van der Waals surface area contributed by atoms with Crippen LogP contribution in [0.5, 0.6) is 0 Å². The van der Waals surface area contributed by atoms with E-state index in [1.807, 2.05) is 0 Å². The van der Waals surface area contributed by atoms with E-state index in [1.54, 1.807) is 11.0 Å². The molecule has 1 fully saturated rings. The van der Waals surface area contributed by atoms with Gasteiger partial charge in [-0.2, -0.15) is 0 Å². The summed E-state index contributed by atoms with van der Waals surface area (Å²) in [5, 5.41) is 8.79. The zero-order chi connectivity index (χ0) is 13.8. The Bertz CT molecular complexity index is 489. The lowest BCUT2D eigenvalue weighted by Crippen LogP contribution is -2.40. The van der Waals surface area contributed by atoms with Crippen LogP contribution >= 0.6 is 0 Å². The predicted octanol–water partition coefficient (Wildman–Crippen LogP) is 2.15. The van der Waals surface area contributed by atoms with Crippen molar-refractivity contribution in [3.63, 3.8) is 0 Å². The first-order chi connectivity index (χ1) is 9.06. The number of hydrogen-bond donors (Lipinski definition) is 1. The molecule has 0 bridgehead atoms. The largest absolute Gasteiger partial charge is 0.481 e. The van der Waals surface area contributed by atoms with Gasteiger partial charge in [0.05, 0.1) is 0 Å². The zero-order valence-electron chi connectivity index (χ0n) is 10.5. The molecule has 1 aliphatic rings. The molecular formula is C14H16FNO3. The van der Waals surface area contributed by atoms with Crippen molar-refractivity contribution < 1.29 is 19.1 Å². The number of hydrogen-bond acceptors (Lipinski definition) is 2. The minimum atomic E-state index is -0.843. The molecule has 1 saturated heterocycles. The van der Waals surface area contributed by atoms with E-state index in [1.165, 1.54) is 18.2 Å². The van der Waals surface area contributed by atoms with Gasteiger partial charge in [0.15, 0.2) is 0 Å². The number of carboxylic acids is 1. The molecule has 0 saturated carbocycles. The van der Waals surface area contributed by atoms with E-state index in [0.717, 1.165) is 12.8 Å². The van der Waals surface area contributed by atoms with Gasteiger partial charge in [-0.25, -0.2) is 4.39 Å². The van der Waals surface area contributed by atoms with Crippen LogP contribution < -0.4 is 0 Å². The van der Waals surface area contributed by atoms with Gasteiger partial charge < -0.3 is 10.0 Å². The molecule has 0 spiro atoms. The van der Waals surface area contributed by atoms with Gasteiger partial charge >= 0.3 is 5.97 Å². The van der Waals surface area contributed by atoms with Gasteiger partial charge in [-0.15, -0.1) is 0 Å². The summed E-state index contributed by atoms with van der Waals surface area (Å²) in [5.41, 5.74) is 0.316. The van der Waals surface area contributed by atoms with Gasteiger partial charge in [-0.3, -0.25) is 9.59 Å².